The summed E-state index contributed by atoms with van der Waals surface area (Å²) in [7, 11) is 1.32. The third-order valence-electron chi connectivity index (χ3n) is 3.09. The molecule has 0 bridgehead atoms. The molecule has 0 aliphatic heterocycles. The molecule has 6 nitrogen and oxygen atoms in total. The van der Waals surface area contributed by atoms with Crippen LogP contribution in [0.1, 0.15) is 34.2 Å². The van der Waals surface area contributed by atoms with Gasteiger partial charge in [-0.1, -0.05) is 28.1 Å². The number of carbonyl (C=O) groups is 2. The van der Waals surface area contributed by atoms with E-state index >= 15 is 0 Å². The molecule has 1 aromatic heterocycles. The Labute approximate surface area is 136 Å². The average Bonchev–Trinajstić information content (AvgIpc) is 2.93. The van der Waals surface area contributed by atoms with Crippen molar-refractivity contribution in [1.29, 1.82) is 0 Å². The predicted molar refractivity (Wildman–Crippen MR) is 84.3 cm³/mol. The fourth-order valence-corrected chi connectivity index (χ4v) is 2.41. The number of methoxy groups -OCH3 is 1. The van der Waals surface area contributed by atoms with Crippen LogP contribution in [-0.2, 0) is 9.53 Å². The number of H-pyrrole nitrogens is 1. The summed E-state index contributed by atoms with van der Waals surface area (Å²) < 4.78 is 5.57. The number of aromatic amines is 1. The van der Waals surface area contributed by atoms with Gasteiger partial charge in [0.15, 0.2) is 0 Å². The maximum Gasteiger partial charge on any atom is 0.307 e. The molecule has 0 aliphatic carbocycles. The molecule has 1 atom stereocenters. The first kappa shape index (κ1) is 16.2. The number of aryl methyl sites for hydroxylation is 1. The van der Waals surface area contributed by atoms with Gasteiger partial charge < -0.3 is 10.1 Å². The van der Waals surface area contributed by atoms with Crippen molar-refractivity contribution in [3.05, 3.63) is 51.8 Å². The summed E-state index contributed by atoms with van der Waals surface area (Å²) in [5.41, 5.74) is 1.87. The highest BCUT2D eigenvalue weighted by molar-refractivity contribution is 9.10. The molecule has 0 saturated carbocycles. The second kappa shape index (κ2) is 7.22. The summed E-state index contributed by atoms with van der Waals surface area (Å²) in [6.45, 7) is 1.81. The van der Waals surface area contributed by atoms with Gasteiger partial charge in [-0.3, -0.25) is 14.7 Å². The van der Waals surface area contributed by atoms with E-state index < -0.39 is 12.0 Å². The summed E-state index contributed by atoms with van der Waals surface area (Å²) in [6, 6.07) is 8.56. The summed E-state index contributed by atoms with van der Waals surface area (Å²) in [4.78, 5) is 23.8. The minimum Gasteiger partial charge on any atom is -0.469 e. The topological polar surface area (TPSA) is 84.1 Å². The Morgan fingerprint density at radius 1 is 1.41 bits per heavy atom. The molecule has 0 saturated heterocycles. The van der Waals surface area contributed by atoms with Crippen LogP contribution in [0.5, 0.6) is 0 Å². The molecule has 116 valence electrons. The maximum atomic E-state index is 12.2. The van der Waals surface area contributed by atoms with E-state index in [4.69, 9.17) is 4.74 Å². The summed E-state index contributed by atoms with van der Waals surface area (Å²) in [5.74, 6) is -0.748. The molecule has 0 aliphatic rings. The second-order valence-corrected chi connectivity index (χ2v) is 5.71. The monoisotopic (exact) mass is 365 g/mol. The van der Waals surface area contributed by atoms with Gasteiger partial charge in [-0.25, -0.2) is 0 Å². The summed E-state index contributed by atoms with van der Waals surface area (Å²) >= 11 is 3.38. The molecule has 0 fully saturated rings. The first-order valence-corrected chi connectivity index (χ1v) is 7.44. The van der Waals surface area contributed by atoms with Crippen molar-refractivity contribution in [1.82, 2.24) is 15.5 Å². The lowest BCUT2D eigenvalue weighted by atomic mass is 10.0. The van der Waals surface area contributed by atoms with Crippen LogP contribution in [0.4, 0.5) is 0 Å². The summed E-state index contributed by atoms with van der Waals surface area (Å²) in [6.07, 6.45) is 0.0437. The Kier molecular flexibility index (Phi) is 5.32. The van der Waals surface area contributed by atoms with Crippen molar-refractivity contribution in [2.24, 2.45) is 0 Å². The normalized spacial score (nSPS) is 11.8. The lowest BCUT2D eigenvalue weighted by Crippen LogP contribution is -2.30. The molecule has 2 aromatic rings. The Morgan fingerprint density at radius 3 is 2.77 bits per heavy atom. The quantitative estimate of drug-likeness (QED) is 0.797. The lowest BCUT2D eigenvalue weighted by Gasteiger charge is -2.18. The number of nitrogens with zero attached hydrogens (tertiary/aromatic N) is 1. The number of halogens is 1. The highest BCUT2D eigenvalue weighted by Crippen LogP contribution is 2.21. The van der Waals surface area contributed by atoms with Crippen LogP contribution in [-0.4, -0.2) is 29.2 Å². The lowest BCUT2D eigenvalue weighted by molar-refractivity contribution is -0.141. The van der Waals surface area contributed by atoms with E-state index in [1.54, 1.807) is 6.07 Å². The Morgan fingerprint density at radius 2 is 2.18 bits per heavy atom. The van der Waals surface area contributed by atoms with E-state index in [-0.39, 0.29) is 18.0 Å². The van der Waals surface area contributed by atoms with Crippen LogP contribution in [0.2, 0.25) is 0 Å². The van der Waals surface area contributed by atoms with Gasteiger partial charge >= 0.3 is 5.97 Å². The fourth-order valence-electron chi connectivity index (χ4n) is 1.99. The van der Waals surface area contributed by atoms with E-state index in [1.807, 2.05) is 31.2 Å². The van der Waals surface area contributed by atoms with Gasteiger partial charge in [-0.2, -0.15) is 5.10 Å². The fraction of sp³-hybridized carbons (Fsp3) is 0.267. The third-order valence-corrected chi connectivity index (χ3v) is 3.59. The number of carbonyl (C=O) groups excluding carboxylic acids is 2. The standard InChI is InChI=1S/C15H16BrN3O3/c1-9-6-13(19-18-9)15(21)17-12(8-14(20)22-2)10-4-3-5-11(16)7-10/h3-7,12H,8H2,1-2H3,(H,17,21)(H,18,19)/t12-/m0/s1. The smallest absolute Gasteiger partial charge is 0.307 e. The second-order valence-electron chi connectivity index (χ2n) is 4.80. The molecule has 1 heterocycles. The van der Waals surface area contributed by atoms with Crippen LogP contribution in [0, 0.1) is 6.92 Å². The van der Waals surface area contributed by atoms with Crippen LogP contribution in [0.15, 0.2) is 34.8 Å². The Hall–Kier alpha value is -2.15. The van der Waals surface area contributed by atoms with Crippen molar-refractivity contribution >= 4 is 27.8 Å². The molecule has 1 amide bonds. The van der Waals surface area contributed by atoms with E-state index in [1.165, 1.54) is 7.11 Å². The van der Waals surface area contributed by atoms with Crippen molar-refractivity contribution in [2.75, 3.05) is 7.11 Å². The van der Waals surface area contributed by atoms with Crippen LogP contribution < -0.4 is 5.32 Å². The Bertz CT molecular complexity index is 684. The molecule has 1 aromatic carbocycles. The van der Waals surface area contributed by atoms with Gasteiger partial charge in [0.05, 0.1) is 19.6 Å². The number of aromatic nitrogens is 2. The minimum atomic E-state index is -0.491. The van der Waals surface area contributed by atoms with Gasteiger partial charge in [0.2, 0.25) is 0 Å². The number of amides is 1. The number of esters is 1. The van der Waals surface area contributed by atoms with Gasteiger partial charge in [0.1, 0.15) is 5.69 Å². The molecular weight excluding hydrogens is 350 g/mol. The van der Waals surface area contributed by atoms with E-state index in [0.717, 1.165) is 15.7 Å². The molecule has 7 heteroatoms. The highest BCUT2D eigenvalue weighted by atomic mass is 79.9. The highest BCUT2D eigenvalue weighted by Gasteiger charge is 2.21. The minimum absolute atomic E-state index is 0.0437. The molecule has 0 radical (unpaired) electrons. The van der Waals surface area contributed by atoms with Crippen LogP contribution in [0.25, 0.3) is 0 Å². The largest absolute Gasteiger partial charge is 0.469 e. The molecular formula is C15H16BrN3O3. The van der Waals surface area contributed by atoms with Gasteiger partial charge in [0.25, 0.3) is 5.91 Å². The van der Waals surface area contributed by atoms with Gasteiger partial charge in [0, 0.05) is 10.2 Å². The zero-order chi connectivity index (χ0) is 16.1. The Balaban J connectivity index is 2.20. The van der Waals surface area contributed by atoms with Gasteiger partial charge in [-0.15, -0.1) is 0 Å². The number of rotatable bonds is 5. The SMILES string of the molecule is COC(=O)C[C@H](NC(=O)c1cc(C)[nH]n1)c1cccc(Br)c1. The molecule has 2 rings (SSSR count). The molecule has 0 spiro atoms. The number of hydrogen-bond acceptors (Lipinski definition) is 4. The van der Waals surface area contributed by atoms with E-state index in [0.29, 0.717) is 0 Å². The van der Waals surface area contributed by atoms with Crippen molar-refractivity contribution in [3.63, 3.8) is 0 Å². The molecule has 0 unspecified atom stereocenters. The summed E-state index contributed by atoms with van der Waals surface area (Å²) in [5, 5.41) is 9.44. The van der Waals surface area contributed by atoms with Crippen molar-refractivity contribution in [2.45, 2.75) is 19.4 Å². The van der Waals surface area contributed by atoms with Crippen molar-refractivity contribution < 1.29 is 14.3 Å². The molecule has 2 N–H and O–H groups in total. The number of benzene rings is 1. The van der Waals surface area contributed by atoms with E-state index in [9.17, 15) is 9.59 Å². The van der Waals surface area contributed by atoms with Crippen LogP contribution in [0.3, 0.4) is 0 Å². The third kappa shape index (κ3) is 4.17. The first-order valence-electron chi connectivity index (χ1n) is 6.64. The van der Waals surface area contributed by atoms with Gasteiger partial charge in [-0.05, 0) is 30.7 Å². The number of nitrogens with one attached hydrogen (secondary N) is 2. The molecule has 22 heavy (non-hydrogen) atoms. The number of hydrogen-bond donors (Lipinski definition) is 2. The predicted octanol–water partition coefficient (Wildman–Crippen LogP) is 2.51. The number of ether oxygens (including phenoxy) is 1. The zero-order valence-corrected chi connectivity index (χ0v) is 13.8. The zero-order valence-electron chi connectivity index (χ0n) is 12.2. The average molecular weight is 366 g/mol. The maximum absolute atomic E-state index is 12.2. The first-order chi connectivity index (χ1) is 10.5. The van der Waals surface area contributed by atoms with E-state index in [2.05, 4.69) is 31.4 Å². The van der Waals surface area contributed by atoms with Crippen LogP contribution >= 0.6 is 15.9 Å². The van der Waals surface area contributed by atoms with Crippen molar-refractivity contribution in [3.8, 4) is 0 Å².